The fraction of sp³-hybridized carbons (Fsp3) is 0. The molecule has 0 amide bonds. The quantitative estimate of drug-likeness (QED) is 0.692. The second-order valence-corrected chi connectivity index (χ2v) is 3.75. The first-order chi connectivity index (χ1) is 8.16. The highest BCUT2D eigenvalue weighted by Gasteiger charge is 2.11. The number of benzene rings is 2. The molecular formula is C13H7O4-. The van der Waals surface area contributed by atoms with Crippen LogP contribution in [0.25, 0.3) is 21.9 Å². The average Bonchev–Trinajstić information content (AvgIpc) is 2.65. The number of carbonyl (C=O) groups is 1. The Labute approximate surface area is 95.7 Å². The minimum absolute atomic E-state index is 0.267. The van der Waals surface area contributed by atoms with Gasteiger partial charge in [-0.3, -0.25) is 0 Å². The van der Waals surface area contributed by atoms with Gasteiger partial charge in [0.2, 0.25) is 0 Å². The second-order valence-electron chi connectivity index (χ2n) is 3.75. The highest BCUT2D eigenvalue weighted by atomic mass is 16.4. The van der Waals surface area contributed by atoms with E-state index in [1.165, 1.54) is 12.1 Å². The minimum Gasteiger partial charge on any atom is -0.872 e. The number of furan rings is 1. The van der Waals surface area contributed by atoms with Crippen molar-refractivity contribution in [2.45, 2.75) is 0 Å². The number of rotatable bonds is 1. The molecule has 4 nitrogen and oxygen atoms in total. The van der Waals surface area contributed by atoms with Crippen molar-refractivity contribution in [3.05, 3.63) is 42.0 Å². The van der Waals surface area contributed by atoms with Gasteiger partial charge in [-0.2, -0.15) is 0 Å². The number of carboxylic acids is 1. The first-order valence-corrected chi connectivity index (χ1v) is 5.02. The van der Waals surface area contributed by atoms with E-state index >= 15 is 0 Å². The molecule has 0 saturated heterocycles. The Kier molecular flexibility index (Phi) is 1.86. The summed E-state index contributed by atoms with van der Waals surface area (Å²) < 4.78 is 5.50. The molecule has 84 valence electrons. The van der Waals surface area contributed by atoms with E-state index in [4.69, 9.17) is 9.52 Å². The van der Waals surface area contributed by atoms with Crippen LogP contribution in [0.5, 0.6) is 5.75 Å². The Morgan fingerprint density at radius 1 is 1.12 bits per heavy atom. The second kappa shape index (κ2) is 3.25. The van der Waals surface area contributed by atoms with Gasteiger partial charge in [0.1, 0.15) is 11.2 Å². The van der Waals surface area contributed by atoms with E-state index in [0.717, 1.165) is 5.39 Å². The Bertz CT molecular complexity index is 740. The van der Waals surface area contributed by atoms with Crippen LogP contribution in [-0.2, 0) is 0 Å². The lowest BCUT2D eigenvalue weighted by atomic mass is 10.1. The third-order valence-electron chi connectivity index (χ3n) is 2.71. The van der Waals surface area contributed by atoms with Gasteiger partial charge in [-0.15, -0.1) is 0 Å². The highest BCUT2D eigenvalue weighted by Crippen LogP contribution is 2.32. The third-order valence-corrected chi connectivity index (χ3v) is 2.71. The van der Waals surface area contributed by atoms with Gasteiger partial charge >= 0.3 is 5.97 Å². The van der Waals surface area contributed by atoms with Crippen LogP contribution in [0.2, 0.25) is 0 Å². The van der Waals surface area contributed by atoms with Crippen LogP contribution < -0.4 is 5.11 Å². The van der Waals surface area contributed by atoms with Gasteiger partial charge in [0.05, 0.1) is 5.56 Å². The lowest BCUT2D eigenvalue weighted by Crippen LogP contribution is -2.03. The van der Waals surface area contributed by atoms with E-state index in [1.54, 1.807) is 6.07 Å². The van der Waals surface area contributed by atoms with Gasteiger partial charge in [0.25, 0.3) is 0 Å². The number of aromatic carboxylic acids is 1. The van der Waals surface area contributed by atoms with E-state index in [-0.39, 0.29) is 5.56 Å². The first-order valence-electron chi connectivity index (χ1n) is 5.02. The molecule has 0 spiro atoms. The molecule has 0 atom stereocenters. The van der Waals surface area contributed by atoms with Crippen LogP contribution in [0.3, 0.4) is 0 Å². The van der Waals surface area contributed by atoms with Gasteiger partial charge in [0.15, 0.2) is 0 Å². The van der Waals surface area contributed by atoms with Crippen LogP contribution >= 0.6 is 0 Å². The molecule has 0 saturated carbocycles. The summed E-state index contributed by atoms with van der Waals surface area (Å²) in [6.45, 7) is 0. The van der Waals surface area contributed by atoms with Gasteiger partial charge in [-0.1, -0.05) is 30.0 Å². The first kappa shape index (κ1) is 9.72. The summed E-state index contributed by atoms with van der Waals surface area (Å²) in [6.07, 6.45) is 0. The monoisotopic (exact) mass is 227 g/mol. The molecule has 4 heteroatoms. The van der Waals surface area contributed by atoms with Crippen molar-refractivity contribution in [3.8, 4) is 5.75 Å². The lowest BCUT2D eigenvalue weighted by Gasteiger charge is -2.08. The molecule has 0 aliphatic rings. The molecule has 2 aromatic carbocycles. The molecule has 0 aliphatic carbocycles. The zero-order chi connectivity index (χ0) is 12.0. The van der Waals surface area contributed by atoms with Gasteiger partial charge in [-0.25, -0.2) is 4.79 Å². The molecule has 3 rings (SSSR count). The van der Waals surface area contributed by atoms with Gasteiger partial charge in [0, 0.05) is 10.8 Å². The van der Waals surface area contributed by atoms with Crippen molar-refractivity contribution in [2.75, 3.05) is 0 Å². The number of hydrogen-bond acceptors (Lipinski definition) is 3. The molecule has 0 fully saturated rings. The Balaban J connectivity index is 2.46. The summed E-state index contributed by atoms with van der Waals surface area (Å²) in [5, 5.41) is 21.9. The largest absolute Gasteiger partial charge is 0.872 e. The fourth-order valence-electron chi connectivity index (χ4n) is 1.92. The Morgan fingerprint density at radius 2 is 1.88 bits per heavy atom. The zero-order valence-corrected chi connectivity index (χ0v) is 8.64. The third kappa shape index (κ3) is 1.34. The summed E-state index contributed by atoms with van der Waals surface area (Å²) in [5.74, 6) is -1.74. The summed E-state index contributed by atoms with van der Waals surface area (Å²) >= 11 is 0. The van der Waals surface area contributed by atoms with Crippen LogP contribution in [0.4, 0.5) is 0 Å². The summed E-state index contributed by atoms with van der Waals surface area (Å²) in [5.41, 5.74) is 0.796. The maximum Gasteiger partial charge on any atom is 0.335 e. The van der Waals surface area contributed by atoms with E-state index in [2.05, 4.69) is 0 Å². The number of para-hydroxylation sites is 1. The summed E-state index contributed by atoms with van der Waals surface area (Å²) in [7, 11) is 0. The van der Waals surface area contributed by atoms with Crippen molar-refractivity contribution in [1.82, 2.24) is 0 Å². The molecule has 17 heavy (non-hydrogen) atoms. The predicted molar refractivity (Wildman–Crippen MR) is 60.1 cm³/mol. The number of hydrogen-bond donors (Lipinski definition) is 1. The molecule has 0 bridgehead atoms. The molecule has 0 radical (unpaired) electrons. The molecule has 3 aromatic rings. The van der Waals surface area contributed by atoms with Crippen LogP contribution in [0.15, 0.2) is 40.8 Å². The van der Waals surface area contributed by atoms with E-state index < -0.39 is 11.7 Å². The maximum atomic E-state index is 11.6. The number of carboxylic acid groups (broad SMARTS) is 1. The molecule has 0 unspecified atom stereocenters. The lowest BCUT2D eigenvalue weighted by molar-refractivity contribution is -0.268. The Hall–Kier alpha value is -2.49. The van der Waals surface area contributed by atoms with E-state index in [0.29, 0.717) is 16.6 Å². The standard InChI is InChI=1S/C13H8O4/c14-10-5-8-7-3-1-2-4-11(7)17-12(8)6-9(10)13(15)16/h1-6,14H,(H,15,16)/p-1. The normalized spacial score (nSPS) is 11.1. The van der Waals surface area contributed by atoms with Crippen molar-refractivity contribution in [2.24, 2.45) is 0 Å². The Morgan fingerprint density at radius 3 is 2.65 bits per heavy atom. The van der Waals surface area contributed by atoms with E-state index in [1.807, 2.05) is 18.2 Å². The zero-order valence-electron chi connectivity index (χ0n) is 8.64. The topological polar surface area (TPSA) is 73.5 Å². The van der Waals surface area contributed by atoms with Crippen molar-refractivity contribution < 1.29 is 19.4 Å². The minimum atomic E-state index is -1.24. The van der Waals surface area contributed by atoms with Crippen LogP contribution in [-0.4, -0.2) is 11.1 Å². The van der Waals surface area contributed by atoms with Crippen molar-refractivity contribution in [3.63, 3.8) is 0 Å². The SMILES string of the molecule is O=C(O)c1cc2oc3ccccc3c2cc1[O-]. The van der Waals surface area contributed by atoms with Crippen molar-refractivity contribution >= 4 is 27.9 Å². The van der Waals surface area contributed by atoms with Crippen LogP contribution in [0, 0.1) is 0 Å². The molecule has 0 aliphatic heterocycles. The van der Waals surface area contributed by atoms with Crippen LogP contribution in [0.1, 0.15) is 10.4 Å². The fourth-order valence-corrected chi connectivity index (χ4v) is 1.92. The van der Waals surface area contributed by atoms with Gasteiger partial charge < -0.3 is 14.6 Å². The average molecular weight is 227 g/mol. The number of fused-ring (bicyclic) bond motifs is 3. The highest BCUT2D eigenvalue weighted by molar-refractivity contribution is 6.07. The van der Waals surface area contributed by atoms with Gasteiger partial charge in [-0.05, 0) is 12.1 Å². The summed E-state index contributed by atoms with van der Waals surface area (Å²) in [6, 6.07) is 9.86. The predicted octanol–water partition coefficient (Wildman–Crippen LogP) is 2.36. The van der Waals surface area contributed by atoms with E-state index in [9.17, 15) is 9.90 Å². The molecule has 1 heterocycles. The summed E-state index contributed by atoms with van der Waals surface area (Å²) in [4.78, 5) is 10.8. The molecule has 1 N–H and O–H groups in total. The smallest absolute Gasteiger partial charge is 0.335 e. The molecule has 1 aromatic heterocycles. The maximum absolute atomic E-state index is 11.6. The molecular weight excluding hydrogens is 220 g/mol. The van der Waals surface area contributed by atoms with Crippen molar-refractivity contribution in [1.29, 1.82) is 0 Å².